The van der Waals surface area contributed by atoms with Crippen LogP contribution in [-0.4, -0.2) is 47.2 Å². The third-order valence-corrected chi connectivity index (χ3v) is 5.94. The van der Waals surface area contributed by atoms with E-state index in [-0.39, 0.29) is 28.5 Å². The molecule has 160 valence electrons. The second-order valence-electron chi connectivity index (χ2n) is 6.84. The van der Waals surface area contributed by atoms with E-state index < -0.39 is 5.82 Å². The van der Waals surface area contributed by atoms with Crippen molar-refractivity contribution in [2.24, 2.45) is 5.92 Å². The van der Waals surface area contributed by atoms with Gasteiger partial charge in [-0.1, -0.05) is 23.4 Å². The van der Waals surface area contributed by atoms with Gasteiger partial charge in [-0.15, -0.1) is 0 Å². The number of carbonyl (C=O) groups is 2. The predicted octanol–water partition coefficient (Wildman–Crippen LogP) is 3.35. The first-order valence-electron chi connectivity index (χ1n) is 9.68. The average molecular weight is 452 g/mol. The molecule has 1 aliphatic rings. The Balaban J connectivity index is 1.51. The topological polar surface area (TPSA) is 87.2 Å². The molecule has 7 nitrogen and oxygen atoms in total. The van der Waals surface area contributed by atoms with Crippen molar-refractivity contribution in [1.82, 2.24) is 15.3 Å². The van der Waals surface area contributed by atoms with Crippen LogP contribution in [0, 0.1) is 11.7 Å². The standard InChI is InChI=1S/C20H23ClFN5O2S/c1-2-23-20(29)13-5-7-27(8-6-13)17-10-19(25-12-24-17)30-11-18(28)26-14-3-4-16(22)15(21)9-14/h3-4,9-10,12-13H,2,5-8,11H2,1H3,(H,23,29)(H,26,28). The zero-order chi connectivity index (χ0) is 21.5. The van der Waals surface area contributed by atoms with Gasteiger partial charge in [-0.05, 0) is 38.0 Å². The Labute approximate surface area is 183 Å². The van der Waals surface area contributed by atoms with Gasteiger partial charge < -0.3 is 15.5 Å². The van der Waals surface area contributed by atoms with Gasteiger partial charge in [0.2, 0.25) is 11.8 Å². The van der Waals surface area contributed by atoms with Crippen LogP contribution in [0.4, 0.5) is 15.9 Å². The molecule has 0 unspecified atom stereocenters. The first-order chi connectivity index (χ1) is 14.5. The lowest BCUT2D eigenvalue weighted by molar-refractivity contribution is -0.125. The van der Waals surface area contributed by atoms with Crippen LogP contribution < -0.4 is 15.5 Å². The van der Waals surface area contributed by atoms with Crippen molar-refractivity contribution in [1.29, 1.82) is 0 Å². The monoisotopic (exact) mass is 451 g/mol. The summed E-state index contributed by atoms with van der Waals surface area (Å²) in [6.45, 7) is 4.05. The molecule has 1 saturated heterocycles. The summed E-state index contributed by atoms with van der Waals surface area (Å²) in [4.78, 5) is 34.8. The second-order valence-corrected chi connectivity index (χ2v) is 8.24. The lowest BCUT2D eigenvalue weighted by atomic mass is 9.96. The molecule has 0 bridgehead atoms. The molecule has 0 spiro atoms. The fourth-order valence-electron chi connectivity index (χ4n) is 3.18. The number of hydrogen-bond acceptors (Lipinski definition) is 6. The van der Waals surface area contributed by atoms with Crippen molar-refractivity contribution in [2.75, 3.05) is 35.6 Å². The van der Waals surface area contributed by atoms with Gasteiger partial charge in [-0.2, -0.15) is 0 Å². The summed E-state index contributed by atoms with van der Waals surface area (Å²) in [5.41, 5.74) is 0.436. The summed E-state index contributed by atoms with van der Waals surface area (Å²) in [7, 11) is 0. The number of halogens is 2. The number of nitrogens with zero attached hydrogens (tertiary/aromatic N) is 3. The molecule has 0 atom stereocenters. The number of aromatic nitrogens is 2. The third-order valence-electron chi connectivity index (χ3n) is 4.72. The maximum Gasteiger partial charge on any atom is 0.234 e. The number of hydrogen-bond donors (Lipinski definition) is 2. The van der Waals surface area contributed by atoms with Gasteiger partial charge in [-0.3, -0.25) is 9.59 Å². The molecule has 3 rings (SSSR count). The minimum Gasteiger partial charge on any atom is -0.356 e. The largest absolute Gasteiger partial charge is 0.356 e. The third kappa shape index (κ3) is 6.06. The molecule has 1 aromatic heterocycles. The maximum absolute atomic E-state index is 13.2. The highest BCUT2D eigenvalue weighted by molar-refractivity contribution is 7.99. The first-order valence-corrected chi connectivity index (χ1v) is 11.0. The average Bonchev–Trinajstić information content (AvgIpc) is 2.75. The molecule has 0 radical (unpaired) electrons. The number of amides is 2. The lowest BCUT2D eigenvalue weighted by Crippen LogP contribution is -2.40. The quantitative estimate of drug-likeness (QED) is 0.496. The summed E-state index contributed by atoms with van der Waals surface area (Å²) in [6, 6.07) is 5.87. The molecule has 0 aliphatic carbocycles. The first kappa shape index (κ1) is 22.3. The van der Waals surface area contributed by atoms with Gasteiger partial charge in [0.25, 0.3) is 0 Å². The molecular formula is C20H23ClFN5O2S. The number of thioether (sulfide) groups is 1. The zero-order valence-electron chi connectivity index (χ0n) is 16.5. The van der Waals surface area contributed by atoms with E-state index >= 15 is 0 Å². The van der Waals surface area contributed by atoms with E-state index in [1.165, 1.54) is 36.3 Å². The highest BCUT2D eigenvalue weighted by Gasteiger charge is 2.25. The molecular weight excluding hydrogens is 429 g/mol. The Hall–Kier alpha value is -2.39. The fourth-order valence-corrected chi connectivity index (χ4v) is 4.02. The molecule has 1 fully saturated rings. The molecule has 2 heterocycles. The molecule has 2 amide bonds. The van der Waals surface area contributed by atoms with E-state index in [0.29, 0.717) is 17.3 Å². The van der Waals surface area contributed by atoms with E-state index in [1.54, 1.807) is 0 Å². The summed E-state index contributed by atoms with van der Waals surface area (Å²) < 4.78 is 13.2. The molecule has 2 aromatic rings. The molecule has 1 aliphatic heterocycles. The normalized spacial score (nSPS) is 14.4. The van der Waals surface area contributed by atoms with E-state index in [9.17, 15) is 14.0 Å². The van der Waals surface area contributed by atoms with Crippen molar-refractivity contribution in [3.8, 4) is 0 Å². The van der Waals surface area contributed by atoms with Gasteiger partial charge in [0, 0.05) is 37.3 Å². The Bertz CT molecular complexity index is 909. The minimum absolute atomic E-state index is 0.0422. The van der Waals surface area contributed by atoms with E-state index in [1.807, 2.05) is 13.0 Å². The van der Waals surface area contributed by atoms with Gasteiger partial charge in [0.05, 0.1) is 10.8 Å². The SMILES string of the molecule is CCNC(=O)C1CCN(c2cc(SCC(=O)Nc3ccc(F)c(Cl)c3)ncn2)CC1. The van der Waals surface area contributed by atoms with Gasteiger partial charge in [0.15, 0.2) is 0 Å². The zero-order valence-corrected chi connectivity index (χ0v) is 18.1. The minimum atomic E-state index is -0.535. The number of nitrogens with one attached hydrogen (secondary N) is 2. The lowest BCUT2D eigenvalue weighted by Gasteiger charge is -2.32. The van der Waals surface area contributed by atoms with E-state index in [2.05, 4.69) is 25.5 Å². The number of carbonyl (C=O) groups excluding carboxylic acids is 2. The van der Waals surface area contributed by atoms with Crippen molar-refractivity contribution >= 4 is 46.7 Å². The van der Waals surface area contributed by atoms with Gasteiger partial charge in [0.1, 0.15) is 23.0 Å². The van der Waals surface area contributed by atoms with Gasteiger partial charge >= 0.3 is 0 Å². The molecule has 1 aromatic carbocycles. The summed E-state index contributed by atoms with van der Waals surface area (Å²) >= 11 is 7.01. The second kappa shape index (κ2) is 10.6. The van der Waals surface area contributed by atoms with E-state index in [0.717, 1.165) is 31.7 Å². The highest BCUT2D eigenvalue weighted by atomic mass is 35.5. The van der Waals surface area contributed by atoms with Crippen LogP contribution >= 0.6 is 23.4 Å². The Morgan fingerprint density at radius 2 is 2.03 bits per heavy atom. The Morgan fingerprint density at radius 3 is 2.73 bits per heavy atom. The molecule has 10 heteroatoms. The maximum atomic E-state index is 13.2. The van der Waals surface area contributed by atoms with Crippen LogP contribution in [0.15, 0.2) is 35.6 Å². The van der Waals surface area contributed by atoms with Crippen LogP contribution in [0.25, 0.3) is 0 Å². The van der Waals surface area contributed by atoms with Crippen molar-refractivity contribution < 1.29 is 14.0 Å². The number of anilines is 2. The van der Waals surface area contributed by atoms with Crippen LogP contribution in [0.5, 0.6) is 0 Å². The number of piperidine rings is 1. The van der Waals surface area contributed by atoms with Crippen LogP contribution in [-0.2, 0) is 9.59 Å². The fraction of sp³-hybridized carbons (Fsp3) is 0.400. The number of benzene rings is 1. The van der Waals surface area contributed by atoms with Crippen LogP contribution in [0.3, 0.4) is 0 Å². The van der Waals surface area contributed by atoms with Gasteiger partial charge in [-0.25, -0.2) is 14.4 Å². The predicted molar refractivity (Wildman–Crippen MR) is 116 cm³/mol. The molecule has 30 heavy (non-hydrogen) atoms. The van der Waals surface area contributed by atoms with Crippen molar-refractivity contribution in [3.05, 3.63) is 41.4 Å². The Kier molecular flexibility index (Phi) is 7.87. The summed E-state index contributed by atoms with van der Waals surface area (Å²) in [6.07, 6.45) is 3.03. The summed E-state index contributed by atoms with van der Waals surface area (Å²) in [5.74, 6) is 0.306. The Morgan fingerprint density at radius 1 is 1.27 bits per heavy atom. The molecule has 0 saturated carbocycles. The van der Waals surface area contributed by atoms with E-state index in [4.69, 9.17) is 11.6 Å². The van der Waals surface area contributed by atoms with Crippen LogP contribution in [0.1, 0.15) is 19.8 Å². The number of rotatable bonds is 7. The van der Waals surface area contributed by atoms with Crippen LogP contribution in [0.2, 0.25) is 5.02 Å². The van der Waals surface area contributed by atoms with Crippen molar-refractivity contribution in [2.45, 2.75) is 24.8 Å². The highest BCUT2D eigenvalue weighted by Crippen LogP contribution is 2.25. The smallest absolute Gasteiger partial charge is 0.234 e. The summed E-state index contributed by atoms with van der Waals surface area (Å²) in [5, 5.41) is 6.19. The van der Waals surface area contributed by atoms with Crippen molar-refractivity contribution in [3.63, 3.8) is 0 Å². The molecule has 2 N–H and O–H groups in total.